The lowest BCUT2D eigenvalue weighted by molar-refractivity contribution is 0.0679. The molecule has 2 atom stereocenters. The first-order chi connectivity index (χ1) is 7.57. The van der Waals surface area contributed by atoms with Gasteiger partial charge in [-0.25, -0.2) is 4.98 Å². The molecule has 16 heavy (non-hydrogen) atoms. The molecule has 1 N–H and O–H groups in total. The van der Waals surface area contributed by atoms with Crippen LogP contribution in [-0.4, -0.2) is 17.2 Å². The van der Waals surface area contributed by atoms with Crippen LogP contribution in [0.25, 0.3) is 0 Å². The molecule has 0 aliphatic carbocycles. The summed E-state index contributed by atoms with van der Waals surface area (Å²) in [6, 6.07) is 7.27. The highest BCUT2D eigenvalue weighted by molar-refractivity contribution is 5.20. The minimum atomic E-state index is -0.905. The number of pyridine rings is 1. The van der Waals surface area contributed by atoms with Crippen LogP contribution in [0.4, 0.5) is 0 Å². The zero-order valence-electron chi connectivity index (χ0n) is 9.77. The fourth-order valence-corrected chi connectivity index (χ4v) is 1.36. The standard InChI is InChI=1S/C12H16N2O2/c1-4-12(2,8-13)11(15)9-6-5-7-10(14-9)16-3/h5-7,11,15H,4H2,1-3H3. The highest BCUT2D eigenvalue weighted by Crippen LogP contribution is 2.35. The van der Waals surface area contributed by atoms with E-state index in [0.29, 0.717) is 18.0 Å². The predicted molar refractivity (Wildman–Crippen MR) is 59.8 cm³/mol. The molecule has 0 aliphatic heterocycles. The molecule has 0 aliphatic rings. The SMILES string of the molecule is CCC(C)(C#N)C(O)c1cccc(OC)n1. The van der Waals surface area contributed by atoms with Crippen LogP contribution in [0.1, 0.15) is 32.1 Å². The molecule has 4 heteroatoms. The summed E-state index contributed by atoms with van der Waals surface area (Å²) >= 11 is 0. The van der Waals surface area contributed by atoms with E-state index in [-0.39, 0.29) is 0 Å². The van der Waals surface area contributed by atoms with Gasteiger partial charge in [-0.05, 0) is 19.4 Å². The number of ether oxygens (including phenoxy) is 1. The largest absolute Gasteiger partial charge is 0.481 e. The van der Waals surface area contributed by atoms with Crippen molar-refractivity contribution in [2.75, 3.05) is 7.11 Å². The first kappa shape index (κ1) is 12.5. The summed E-state index contributed by atoms with van der Waals surface area (Å²) in [6.45, 7) is 3.59. The average Bonchev–Trinajstić information content (AvgIpc) is 2.37. The van der Waals surface area contributed by atoms with Crippen LogP contribution in [-0.2, 0) is 0 Å². The van der Waals surface area contributed by atoms with E-state index in [2.05, 4.69) is 11.1 Å². The fourth-order valence-electron chi connectivity index (χ4n) is 1.36. The number of nitrogens with zero attached hydrogens (tertiary/aromatic N) is 2. The molecule has 1 heterocycles. The Hall–Kier alpha value is -1.60. The highest BCUT2D eigenvalue weighted by atomic mass is 16.5. The van der Waals surface area contributed by atoms with Crippen LogP contribution in [0.2, 0.25) is 0 Å². The van der Waals surface area contributed by atoms with E-state index >= 15 is 0 Å². The molecule has 1 aromatic rings. The number of methoxy groups -OCH3 is 1. The summed E-state index contributed by atoms with van der Waals surface area (Å²) in [5.74, 6) is 0.438. The van der Waals surface area contributed by atoms with Gasteiger partial charge in [0.05, 0.1) is 24.3 Å². The van der Waals surface area contributed by atoms with Crippen molar-refractivity contribution < 1.29 is 9.84 Å². The Kier molecular flexibility index (Phi) is 3.86. The summed E-state index contributed by atoms with van der Waals surface area (Å²) in [5, 5.41) is 19.2. The van der Waals surface area contributed by atoms with E-state index in [4.69, 9.17) is 10.00 Å². The van der Waals surface area contributed by atoms with E-state index in [1.54, 1.807) is 25.1 Å². The maximum atomic E-state index is 10.1. The zero-order valence-corrected chi connectivity index (χ0v) is 9.77. The molecule has 1 rings (SSSR count). The second-order valence-electron chi connectivity index (χ2n) is 3.89. The number of aromatic nitrogens is 1. The highest BCUT2D eigenvalue weighted by Gasteiger charge is 2.33. The molecule has 0 aromatic carbocycles. The van der Waals surface area contributed by atoms with E-state index in [0.717, 1.165) is 0 Å². The van der Waals surface area contributed by atoms with Gasteiger partial charge in [0.1, 0.15) is 6.10 Å². The van der Waals surface area contributed by atoms with Gasteiger partial charge in [-0.15, -0.1) is 0 Å². The lowest BCUT2D eigenvalue weighted by atomic mass is 9.81. The first-order valence-corrected chi connectivity index (χ1v) is 5.17. The number of aliphatic hydroxyl groups excluding tert-OH is 1. The van der Waals surface area contributed by atoms with Crippen molar-refractivity contribution >= 4 is 0 Å². The molecule has 1 aromatic heterocycles. The van der Waals surface area contributed by atoms with Gasteiger partial charge in [0.15, 0.2) is 0 Å². The molecular formula is C12H16N2O2. The van der Waals surface area contributed by atoms with E-state index in [1.165, 1.54) is 7.11 Å². The van der Waals surface area contributed by atoms with Crippen LogP contribution < -0.4 is 4.74 Å². The minimum absolute atomic E-state index is 0.438. The third-order valence-electron chi connectivity index (χ3n) is 2.83. The summed E-state index contributed by atoms with van der Waals surface area (Å²) in [7, 11) is 1.52. The zero-order chi connectivity index (χ0) is 12.2. The maximum absolute atomic E-state index is 10.1. The lowest BCUT2D eigenvalue weighted by Crippen LogP contribution is -2.23. The van der Waals surface area contributed by atoms with E-state index in [1.807, 2.05) is 6.92 Å². The summed E-state index contributed by atoms with van der Waals surface area (Å²) < 4.78 is 4.98. The van der Waals surface area contributed by atoms with E-state index in [9.17, 15) is 5.11 Å². The first-order valence-electron chi connectivity index (χ1n) is 5.17. The summed E-state index contributed by atoms with van der Waals surface area (Å²) in [5.41, 5.74) is -0.357. The average molecular weight is 220 g/mol. The second kappa shape index (κ2) is 4.95. The Balaban J connectivity index is 3.04. The van der Waals surface area contributed by atoms with Gasteiger partial charge in [0.25, 0.3) is 0 Å². The van der Waals surface area contributed by atoms with Gasteiger partial charge in [-0.3, -0.25) is 0 Å². The van der Waals surface area contributed by atoms with Crippen LogP contribution in [0.15, 0.2) is 18.2 Å². The lowest BCUT2D eigenvalue weighted by Gasteiger charge is -2.25. The van der Waals surface area contributed by atoms with Crippen molar-refractivity contribution in [3.8, 4) is 11.9 Å². The second-order valence-corrected chi connectivity index (χ2v) is 3.89. The van der Waals surface area contributed by atoms with Crippen LogP contribution in [0.3, 0.4) is 0 Å². The molecule has 0 bridgehead atoms. The van der Waals surface area contributed by atoms with E-state index < -0.39 is 11.5 Å². The van der Waals surface area contributed by atoms with Crippen LogP contribution in [0, 0.1) is 16.7 Å². The molecular weight excluding hydrogens is 204 g/mol. The molecule has 0 amide bonds. The predicted octanol–water partition coefficient (Wildman–Crippen LogP) is 2.06. The molecule has 0 radical (unpaired) electrons. The quantitative estimate of drug-likeness (QED) is 0.843. The molecule has 2 unspecified atom stereocenters. The van der Waals surface area contributed by atoms with Crippen LogP contribution in [0.5, 0.6) is 5.88 Å². The van der Waals surface area contributed by atoms with Gasteiger partial charge >= 0.3 is 0 Å². The topological polar surface area (TPSA) is 66.1 Å². The van der Waals surface area contributed by atoms with Gasteiger partial charge in [-0.2, -0.15) is 5.26 Å². The van der Waals surface area contributed by atoms with Crippen LogP contribution >= 0.6 is 0 Å². The molecule has 0 fully saturated rings. The van der Waals surface area contributed by atoms with Crippen molar-refractivity contribution in [1.82, 2.24) is 4.98 Å². The van der Waals surface area contributed by atoms with Crippen molar-refractivity contribution in [1.29, 1.82) is 5.26 Å². The number of aliphatic hydroxyl groups is 1. The van der Waals surface area contributed by atoms with Gasteiger partial charge in [-0.1, -0.05) is 13.0 Å². The monoisotopic (exact) mass is 220 g/mol. The number of nitriles is 1. The minimum Gasteiger partial charge on any atom is -0.481 e. The number of rotatable bonds is 4. The van der Waals surface area contributed by atoms with Gasteiger partial charge in [0, 0.05) is 6.07 Å². The van der Waals surface area contributed by atoms with Gasteiger partial charge < -0.3 is 9.84 Å². The molecule has 86 valence electrons. The Morgan fingerprint density at radius 3 is 2.81 bits per heavy atom. The van der Waals surface area contributed by atoms with Crippen molar-refractivity contribution in [3.63, 3.8) is 0 Å². The molecule has 0 spiro atoms. The molecule has 4 nitrogen and oxygen atoms in total. The fraction of sp³-hybridized carbons (Fsp3) is 0.500. The summed E-state index contributed by atoms with van der Waals surface area (Å²) in [6.07, 6.45) is -0.346. The third kappa shape index (κ3) is 2.31. The normalized spacial score (nSPS) is 15.9. The maximum Gasteiger partial charge on any atom is 0.213 e. The molecule has 0 saturated heterocycles. The Morgan fingerprint density at radius 1 is 1.62 bits per heavy atom. The Labute approximate surface area is 95.5 Å². The van der Waals surface area contributed by atoms with Crippen molar-refractivity contribution in [3.05, 3.63) is 23.9 Å². The van der Waals surface area contributed by atoms with Gasteiger partial charge in [0.2, 0.25) is 5.88 Å². The number of hydrogen-bond acceptors (Lipinski definition) is 4. The Bertz CT molecular complexity index is 400. The smallest absolute Gasteiger partial charge is 0.213 e. The summed E-state index contributed by atoms with van der Waals surface area (Å²) in [4.78, 5) is 4.13. The molecule has 0 saturated carbocycles. The Morgan fingerprint density at radius 2 is 2.31 bits per heavy atom. The third-order valence-corrected chi connectivity index (χ3v) is 2.83. The number of hydrogen-bond donors (Lipinski definition) is 1. The van der Waals surface area contributed by atoms with Crippen molar-refractivity contribution in [2.45, 2.75) is 26.4 Å². The van der Waals surface area contributed by atoms with Crippen molar-refractivity contribution in [2.24, 2.45) is 5.41 Å².